The molecule has 0 fully saturated rings. The first-order valence-electron chi connectivity index (χ1n) is 11.4. The van der Waals surface area contributed by atoms with Gasteiger partial charge in [0.15, 0.2) is 0 Å². The molecule has 0 aliphatic heterocycles. The summed E-state index contributed by atoms with van der Waals surface area (Å²) >= 11 is 10.6. The summed E-state index contributed by atoms with van der Waals surface area (Å²) in [4.78, 5) is 0. The highest BCUT2D eigenvalue weighted by molar-refractivity contribution is 9.09. The van der Waals surface area contributed by atoms with Crippen LogP contribution in [-0.4, -0.2) is 26.2 Å². The molecule has 5 rings (SSSR count). The zero-order valence-corrected chi connectivity index (χ0v) is 21.6. The second-order valence-corrected chi connectivity index (χ2v) is 9.57. The largest absolute Gasteiger partial charge is 0.497 e. The molecule has 0 bridgehead atoms. The van der Waals surface area contributed by atoms with E-state index in [4.69, 9.17) is 25.8 Å². The molecular weight excluding hydrogens is 512 g/mol. The minimum Gasteiger partial charge on any atom is -0.497 e. The number of rotatable bonds is 7. The average Bonchev–Trinajstić information content (AvgIpc) is 2.88. The van der Waals surface area contributed by atoms with Crippen LogP contribution in [0, 0.1) is 0 Å². The normalized spacial score (nSPS) is 12.2. The standard InChI is InChI=1S/C29H26BrClO3/c1-32-20-8-11-23-18(15-20)7-10-25-27(19-5-3-6-22(16-19)34-14-4-13-30)26-17-21(33-2)9-12-24(26)29(31)28(23)25/h3,5-6,8-9,11-12,15-17H,4,7,10,13-14H2,1-2H3. The molecule has 0 aromatic heterocycles. The highest BCUT2D eigenvalue weighted by Crippen LogP contribution is 2.49. The molecule has 0 atom stereocenters. The van der Waals surface area contributed by atoms with E-state index in [1.54, 1.807) is 14.2 Å². The first-order chi connectivity index (χ1) is 16.6. The summed E-state index contributed by atoms with van der Waals surface area (Å²) in [5, 5.41) is 3.82. The van der Waals surface area contributed by atoms with E-state index in [1.807, 2.05) is 18.2 Å². The van der Waals surface area contributed by atoms with Crippen LogP contribution in [0.4, 0.5) is 0 Å². The topological polar surface area (TPSA) is 27.7 Å². The zero-order valence-electron chi connectivity index (χ0n) is 19.3. The number of hydrogen-bond acceptors (Lipinski definition) is 3. The predicted molar refractivity (Wildman–Crippen MR) is 144 cm³/mol. The maximum absolute atomic E-state index is 7.13. The molecule has 4 aromatic rings. The van der Waals surface area contributed by atoms with Crippen molar-refractivity contribution in [3.05, 3.63) is 76.8 Å². The Hall–Kier alpha value is -2.69. The van der Waals surface area contributed by atoms with Crippen LogP contribution < -0.4 is 14.2 Å². The summed E-state index contributed by atoms with van der Waals surface area (Å²) in [5.74, 6) is 2.56. The molecule has 1 aliphatic carbocycles. The molecule has 4 aromatic carbocycles. The van der Waals surface area contributed by atoms with Crippen molar-refractivity contribution in [2.45, 2.75) is 19.3 Å². The quantitative estimate of drug-likeness (QED) is 0.176. The molecular formula is C29H26BrClO3. The Balaban J connectivity index is 1.77. The lowest BCUT2D eigenvalue weighted by molar-refractivity contribution is 0.319. The number of hydrogen-bond donors (Lipinski definition) is 0. The van der Waals surface area contributed by atoms with Gasteiger partial charge in [0.25, 0.3) is 0 Å². The van der Waals surface area contributed by atoms with Crippen molar-refractivity contribution in [1.29, 1.82) is 0 Å². The van der Waals surface area contributed by atoms with Crippen molar-refractivity contribution in [2.24, 2.45) is 0 Å². The summed E-state index contributed by atoms with van der Waals surface area (Å²) < 4.78 is 17.1. The fraction of sp³-hybridized carbons (Fsp3) is 0.241. The monoisotopic (exact) mass is 536 g/mol. The summed E-state index contributed by atoms with van der Waals surface area (Å²) in [7, 11) is 3.40. The first kappa shape index (κ1) is 23.1. The number of alkyl halides is 1. The first-order valence-corrected chi connectivity index (χ1v) is 12.9. The third-order valence-electron chi connectivity index (χ3n) is 6.45. The van der Waals surface area contributed by atoms with Crippen molar-refractivity contribution in [1.82, 2.24) is 0 Å². The molecule has 0 N–H and O–H groups in total. The van der Waals surface area contributed by atoms with Crippen LogP contribution in [0.2, 0.25) is 5.02 Å². The maximum Gasteiger partial charge on any atom is 0.119 e. The smallest absolute Gasteiger partial charge is 0.119 e. The van der Waals surface area contributed by atoms with Crippen LogP contribution in [-0.2, 0) is 12.8 Å². The lowest BCUT2D eigenvalue weighted by Crippen LogP contribution is -2.08. The Bertz CT molecular complexity index is 1370. The highest BCUT2D eigenvalue weighted by atomic mass is 79.9. The third kappa shape index (κ3) is 4.14. The number of methoxy groups -OCH3 is 2. The second kappa shape index (κ2) is 9.89. The molecule has 0 heterocycles. The van der Waals surface area contributed by atoms with E-state index in [0.717, 1.165) is 68.8 Å². The summed E-state index contributed by atoms with van der Waals surface area (Å²) in [6, 6.07) is 20.8. The van der Waals surface area contributed by atoms with Crippen LogP contribution in [0.1, 0.15) is 17.5 Å². The minimum absolute atomic E-state index is 0.678. The van der Waals surface area contributed by atoms with E-state index in [9.17, 15) is 0 Å². The van der Waals surface area contributed by atoms with E-state index in [2.05, 4.69) is 58.4 Å². The van der Waals surface area contributed by atoms with Gasteiger partial charge >= 0.3 is 0 Å². The number of fused-ring (bicyclic) bond motifs is 4. The van der Waals surface area contributed by atoms with Gasteiger partial charge in [-0.15, -0.1) is 0 Å². The van der Waals surface area contributed by atoms with Gasteiger partial charge in [-0.05, 0) is 94.9 Å². The van der Waals surface area contributed by atoms with Crippen LogP contribution in [0.25, 0.3) is 33.0 Å². The van der Waals surface area contributed by atoms with Gasteiger partial charge in [0.2, 0.25) is 0 Å². The summed E-state index contributed by atoms with van der Waals surface area (Å²) in [5.41, 5.74) is 7.14. The average molecular weight is 538 g/mol. The van der Waals surface area contributed by atoms with Gasteiger partial charge in [-0.3, -0.25) is 0 Å². The Morgan fingerprint density at radius 3 is 2.41 bits per heavy atom. The van der Waals surface area contributed by atoms with Crippen molar-refractivity contribution in [3.63, 3.8) is 0 Å². The second-order valence-electron chi connectivity index (χ2n) is 8.40. The van der Waals surface area contributed by atoms with E-state index < -0.39 is 0 Å². The van der Waals surface area contributed by atoms with Crippen LogP contribution in [0.15, 0.2) is 60.7 Å². The van der Waals surface area contributed by atoms with Crippen LogP contribution >= 0.6 is 27.5 Å². The molecule has 34 heavy (non-hydrogen) atoms. The maximum atomic E-state index is 7.13. The van der Waals surface area contributed by atoms with Gasteiger partial charge < -0.3 is 14.2 Å². The Labute approximate surface area is 213 Å². The molecule has 3 nitrogen and oxygen atoms in total. The lowest BCUT2D eigenvalue weighted by Gasteiger charge is -2.27. The van der Waals surface area contributed by atoms with E-state index >= 15 is 0 Å². The molecule has 0 saturated heterocycles. The fourth-order valence-corrected chi connectivity index (χ4v) is 5.47. The summed E-state index contributed by atoms with van der Waals surface area (Å²) in [6.45, 7) is 0.678. The van der Waals surface area contributed by atoms with Gasteiger partial charge in [0, 0.05) is 16.3 Å². The molecule has 0 saturated carbocycles. The number of halogens is 2. The molecule has 0 amide bonds. The molecule has 0 radical (unpaired) electrons. The van der Waals surface area contributed by atoms with E-state index in [1.165, 1.54) is 22.3 Å². The number of ether oxygens (including phenoxy) is 3. The molecule has 1 aliphatic rings. The van der Waals surface area contributed by atoms with Crippen LogP contribution in [0.5, 0.6) is 17.2 Å². The number of aryl methyl sites for hydroxylation is 1. The van der Waals surface area contributed by atoms with Gasteiger partial charge in [-0.2, -0.15) is 0 Å². The SMILES string of the molecule is COc1ccc2c(c1)CCc1c-2c(Cl)c2ccc(OC)cc2c1-c1cccc(OCCCBr)c1. The zero-order chi connectivity index (χ0) is 23.7. The van der Waals surface area contributed by atoms with Crippen molar-refractivity contribution in [3.8, 4) is 39.5 Å². The fourth-order valence-electron chi connectivity index (χ4n) is 4.86. The predicted octanol–water partition coefficient (Wildman–Crippen LogP) is 8.11. The third-order valence-corrected chi connectivity index (χ3v) is 7.40. The van der Waals surface area contributed by atoms with Gasteiger partial charge in [0.05, 0.1) is 25.8 Å². The Morgan fingerprint density at radius 1 is 0.824 bits per heavy atom. The van der Waals surface area contributed by atoms with Crippen molar-refractivity contribution < 1.29 is 14.2 Å². The van der Waals surface area contributed by atoms with E-state index in [0.29, 0.717) is 6.61 Å². The van der Waals surface area contributed by atoms with Gasteiger partial charge in [-0.1, -0.05) is 45.7 Å². The molecule has 0 unspecified atom stereocenters. The Morgan fingerprint density at radius 2 is 1.62 bits per heavy atom. The highest BCUT2D eigenvalue weighted by Gasteiger charge is 2.26. The van der Waals surface area contributed by atoms with Crippen molar-refractivity contribution in [2.75, 3.05) is 26.2 Å². The lowest BCUT2D eigenvalue weighted by atomic mass is 9.79. The van der Waals surface area contributed by atoms with Gasteiger partial charge in [0.1, 0.15) is 17.2 Å². The molecule has 5 heteroatoms. The molecule has 174 valence electrons. The van der Waals surface area contributed by atoms with Crippen molar-refractivity contribution >= 4 is 38.3 Å². The van der Waals surface area contributed by atoms with Crippen LogP contribution in [0.3, 0.4) is 0 Å². The Kier molecular flexibility index (Phi) is 6.71. The van der Waals surface area contributed by atoms with Gasteiger partial charge in [-0.25, -0.2) is 0 Å². The summed E-state index contributed by atoms with van der Waals surface area (Å²) in [6.07, 6.45) is 2.78. The minimum atomic E-state index is 0.678. The number of benzene rings is 4. The van der Waals surface area contributed by atoms with E-state index in [-0.39, 0.29) is 0 Å². The molecule has 0 spiro atoms.